The summed E-state index contributed by atoms with van der Waals surface area (Å²) >= 11 is 1.55. The molecular formula is C30H35NO4S. The standard InChI is InChI=1S/C30H35NO4S/c1-20(2)24-11-8-6-10-23(24)19-35-18-22-13-14-26(27(17-22)25-12-7-5-9-21(25)3)29(32)31-28(30(33)34)15-16-36-4/h5-14,17,20,28H,15-16,18-19H2,1-4H3,(H,31,32)(H,33,34)/t28-/m0/s1. The number of aryl methyl sites for hydroxylation is 1. The molecule has 0 aliphatic carbocycles. The smallest absolute Gasteiger partial charge is 0.326 e. The van der Waals surface area contributed by atoms with Crippen LogP contribution in [-0.2, 0) is 22.7 Å². The number of carboxylic acid groups (broad SMARTS) is 1. The minimum absolute atomic E-state index is 0.367. The van der Waals surface area contributed by atoms with Gasteiger partial charge in [0.1, 0.15) is 6.04 Å². The van der Waals surface area contributed by atoms with E-state index >= 15 is 0 Å². The molecule has 1 atom stereocenters. The van der Waals surface area contributed by atoms with Crippen molar-refractivity contribution in [1.29, 1.82) is 0 Å². The highest BCUT2D eigenvalue weighted by Gasteiger charge is 2.22. The first-order chi connectivity index (χ1) is 17.3. The summed E-state index contributed by atoms with van der Waals surface area (Å²) in [7, 11) is 0. The fourth-order valence-corrected chi connectivity index (χ4v) is 4.69. The largest absolute Gasteiger partial charge is 0.480 e. The summed E-state index contributed by atoms with van der Waals surface area (Å²) in [6, 6.07) is 20.9. The van der Waals surface area contributed by atoms with Gasteiger partial charge in [0.2, 0.25) is 0 Å². The number of rotatable bonds is 12. The molecule has 0 bridgehead atoms. The van der Waals surface area contributed by atoms with Gasteiger partial charge < -0.3 is 15.2 Å². The van der Waals surface area contributed by atoms with Gasteiger partial charge in [-0.1, -0.05) is 68.4 Å². The molecule has 3 rings (SSSR count). The van der Waals surface area contributed by atoms with E-state index in [0.717, 1.165) is 22.3 Å². The van der Waals surface area contributed by atoms with E-state index in [1.807, 2.05) is 61.7 Å². The van der Waals surface area contributed by atoms with E-state index in [2.05, 4.69) is 31.3 Å². The lowest BCUT2D eigenvalue weighted by atomic mass is 9.93. The van der Waals surface area contributed by atoms with Crippen molar-refractivity contribution in [1.82, 2.24) is 5.32 Å². The minimum atomic E-state index is -1.03. The molecule has 0 aromatic heterocycles. The lowest BCUT2D eigenvalue weighted by molar-refractivity contribution is -0.139. The van der Waals surface area contributed by atoms with E-state index in [1.54, 1.807) is 17.8 Å². The summed E-state index contributed by atoms with van der Waals surface area (Å²) in [5.74, 6) is -0.347. The zero-order chi connectivity index (χ0) is 26.1. The molecule has 0 heterocycles. The van der Waals surface area contributed by atoms with E-state index < -0.39 is 12.0 Å². The van der Waals surface area contributed by atoms with Crippen LogP contribution in [0.25, 0.3) is 11.1 Å². The number of carbonyl (C=O) groups excluding carboxylic acids is 1. The van der Waals surface area contributed by atoms with Crippen molar-refractivity contribution in [3.05, 3.63) is 94.5 Å². The molecule has 3 aromatic rings. The second-order valence-electron chi connectivity index (χ2n) is 9.19. The van der Waals surface area contributed by atoms with E-state index in [4.69, 9.17) is 4.74 Å². The maximum Gasteiger partial charge on any atom is 0.326 e. The molecule has 5 nitrogen and oxygen atoms in total. The summed E-state index contributed by atoms with van der Waals surface area (Å²) in [6.07, 6.45) is 2.28. The maximum absolute atomic E-state index is 13.2. The van der Waals surface area contributed by atoms with Gasteiger partial charge in [-0.25, -0.2) is 4.79 Å². The number of carboxylic acids is 1. The van der Waals surface area contributed by atoms with Gasteiger partial charge in [0.25, 0.3) is 5.91 Å². The van der Waals surface area contributed by atoms with Crippen LogP contribution in [0.4, 0.5) is 0 Å². The zero-order valence-electron chi connectivity index (χ0n) is 21.4. The van der Waals surface area contributed by atoms with Gasteiger partial charge in [0.05, 0.1) is 13.2 Å². The Bertz CT molecular complexity index is 1190. The van der Waals surface area contributed by atoms with Crippen LogP contribution in [0.5, 0.6) is 0 Å². The zero-order valence-corrected chi connectivity index (χ0v) is 22.2. The average molecular weight is 506 g/mol. The fourth-order valence-electron chi connectivity index (χ4n) is 4.21. The van der Waals surface area contributed by atoms with Crippen LogP contribution in [0, 0.1) is 6.92 Å². The molecule has 0 saturated carbocycles. The molecule has 0 aliphatic heterocycles. The number of ether oxygens (including phenoxy) is 1. The third-order valence-electron chi connectivity index (χ3n) is 6.18. The number of nitrogens with one attached hydrogen (secondary N) is 1. The molecular weight excluding hydrogens is 470 g/mol. The Kier molecular flexibility index (Phi) is 10.1. The van der Waals surface area contributed by atoms with Crippen LogP contribution in [0.3, 0.4) is 0 Å². The summed E-state index contributed by atoms with van der Waals surface area (Å²) < 4.78 is 6.08. The third kappa shape index (κ3) is 7.21. The van der Waals surface area contributed by atoms with Crippen molar-refractivity contribution in [2.75, 3.05) is 12.0 Å². The molecule has 0 unspecified atom stereocenters. The number of thioether (sulfide) groups is 1. The predicted molar refractivity (Wildman–Crippen MR) is 148 cm³/mol. The van der Waals surface area contributed by atoms with Gasteiger partial charge >= 0.3 is 5.97 Å². The van der Waals surface area contributed by atoms with Crippen molar-refractivity contribution < 1.29 is 19.4 Å². The van der Waals surface area contributed by atoms with Crippen molar-refractivity contribution in [3.8, 4) is 11.1 Å². The predicted octanol–water partition coefficient (Wildman–Crippen LogP) is 6.44. The number of aliphatic carboxylic acids is 1. The molecule has 2 N–H and O–H groups in total. The molecule has 0 spiro atoms. The number of hydrogen-bond donors (Lipinski definition) is 2. The molecule has 0 aliphatic rings. The van der Waals surface area contributed by atoms with Gasteiger partial charge in [-0.05, 0) is 76.8 Å². The summed E-state index contributed by atoms with van der Waals surface area (Å²) in [5.41, 5.74) is 6.59. The monoisotopic (exact) mass is 505 g/mol. The van der Waals surface area contributed by atoms with E-state index in [1.165, 1.54) is 11.1 Å². The third-order valence-corrected chi connectivity index (χ3v) is 6.83. The van der Waals surface area contributed by atoms with Crippen molar-refractivity contribution >= 4 is 23.6 Å². The fraction of sp³-hybridized carbons (Fsp3) is 0.333. The molecule has 0 radical (unpaired) electrons. The molecule has 1 amide bonds. The molecule has 0 fully saturated rings. The summed E-state index contributed by atoms with van der Waals surface area (Å²) in [6.45, 7) is 7.26. The van der Waals surface area contributed by atoms with Crippen LogP contribution in [0.15, 0.2) is 66.7 Å². The Balaban J connectivity index is 1.85. The molecule has 0 saturated heterocycles. The normalized spacial score (nSPS) is 11.9. The Morgan fingerprint density at radius 1 is 0.972 bits per heavy atom. The summed E-state index contributed by atoms with van der Waals surface area (Å²) in [5, 5.41) is 12.3. The number of benzene rings is 3. The van der Waals surface area contributed by atoms with Crippen molar-refractivity contribution in [3.63, 3.8) is 0 Å². The van der Waals surface area contributed by atoms with Gasteiger partial charge in [-0.15, -0.1) is 0 Å². The quantitative estimate of drug-likeness (QED) is 0.296. The average Bonchev–Trinajstić information content (AvgIpc) is 2.86. The van der Waals surface area contributed by atoms with Crippen LogP contribution in [0.1, 0.15) is 58.8 Å². The molecule has 36 heavy (non-hydrogen) atoms. The lowest BCUT2D eigenvalue weighted by Gasteiger charge is -2.18. The van der Waals surface area contributed by atoms with Gasteiger partial charge in [0.15, 0.2) is 0 Å². The SMILES string of the molecule is CSCC[C@H](NC(=O)c1ccc(COCc2ccccc2C(C)C)cc1-c1ccccc1C)C(=O)O. The Morgan fingerprint density at radius 3 is 2.39 bits per heavy atom. The minimum Gasteiger partial charge on any atom is -0.480 e. The van der Waals surface area contributed by atoms with E-state index in [0.29, 0.717) is 36.9 Å². The number of hydrogen-bond acceptors (Lipinski definition) is 4. The summed E-state index contributed by atoms with van der Waals surface area (Å²) in [4.78, 5) is 24.9. The van der Waals surface area contributed by atoms with E-state index in [-0.39, 0.29) is 5.91 Å². The maximum atomic E-state index is 13.2. The van der Waals surface area contributed by atoms with Gasteiger partial charge in [0, 0.05) is 5.56 Å². The highest BCUT2D eigenvalue weighted by molar-refractivity contribution is 7.98. The van der Waals surface area contributed by atoms with Crippen LogP contribution in [0.2, 0.25) is 0 Å². The second kappa shape index (κ2) is 13.3. The number of carbonyl (C=O) groups is 2. The van der Waals surface area contributed by atoms with E-state index in [9.17, 15) is 14.7 Å². The van der Waals surface area contributed by atoms with Crippen molar-refractivity contribution in [2.24, 2.45) is 0 Å². The highest BCUT2D eigenvalue weighted by Crippen LogP contribution is 2.29. The second-order valence-corrected chi connectivity index (χ2v) is 10.2. The Labute approximate surface area is 218 Å². The molecule has 3 aromatic carbocycles. The van der Waals surface area contributed by atoms with Crippen molar-refractivity contribution in [2.45, 2.75) is 52.4 Å². The van der Waals surface area contributed by atoms with Gasteiger partial charge in [-0.2, -0.15) is 11.8 Å². The topological polar surface area (TPSA) is 75.6 Å². The Hall–Kier alpha value is -3.09. The molecule has 190 valence electrons. The Morgan fingerprint density at radius 2 is 1.69 bits per heavy atom. The first-order valence-electron chi connectivity index (χ1n) is 12.2. The van der Waals surface area contributed by atoms with Crippen LogP contribution in [-0.4, -0.2) is 35.0 Å². The lowest BCUT2D eigenvalue weighted by Crippen LogP contribution is -2.41. The van der Waals surface area contributed by atoms with Gasteiger partial charge in [-0.3, -0.25) is 4.79 Å². The first kappa shape index (κ1) is 27.5. The number of amides is 1. The highest BCUT2D eigenvalue weighted by atomic mass is 32.2. The first-order valence-corrected chi connectivity index (χ1v) is 13.6. The molecule has 6 heteroatoms. The van der Waals surface area contributed by atoms with Crippen LogP contribution >= 0.6 is 11.8 Å². The van der Waals surface area contributed by atoms with Crippen LogP contribution < -0.4 is 5.32 Å².